The molecule has 1 saturated carbocycles. The third-order valence-corrected chi connectivity index (χ3v) is 7.39. The molecule has 166 valence electrons. The summed E-state index contributed by atoms with van der Waals surface area (Å²) in [6, 6.07) is 14.1. The monoisotopic (exact) mass is 443 g/mol. The second kappa shape index (κ2) is 9.62. The van der Waals surface area contributed by atoms with Crippen LogP contribution in [0.25, 0.3) is 0 Å². The number of benzene rings is 2. The first-order chi connectivity index (χ1) is 14.7. The van der Waals surface area contributed by atoms with E-state index in [0.717, 1.165) is 24.8 Å². The summed E-state index contributed by atoms with van der Waals surface area (Å²) in [4.78, 5) is 23.6. The molecule has 0 saturated heterocycles. The first kappa shape index (κ1) is 23.0. The van der Waals surface area contributed by atoms with Crippen LogP contribution < -0.4 is 15.4 Å². The van der Waals surface area contributed by atoms with Crippen LogP contribution in [0.5, 0.6) is 0 Å². The molecule has 2 aromatic carbocycles. The lowest BCUT2D eigenvalue weighted by Crippen LogP contribution is -2.40. The van der Waals surface area contributed by atoms with Crippen molar-refractivity contribution < 1.29 is 18.0 Å². The summed E-state index contributed by atoms with van der Waals surface area (Å²) in [6.45, 7) is 4.78. The van der Waals surface area contributed by atoms with Gasteiger partial charge in [-0.25, -0.2) is 13.1 Å². The van der Waals surface area contributed by atoms with Crippen molar-refractivity contribution in [2.75, 3.05) is 10.6 Å². The Balaban J connectivity index is 1.64. The Bertz CT molecular complexity index is 1030. The quantitative estimate of drug-likeness (QED) is 0.604. The Kier molecular flexibility index (Phi) is 7.12. The van der Waals surface area contributed by atoms with Crippen molar-refractivity contribution >= 4 is 33.2 Å². The summed E-state index contributed by atoms with van der Waals surface area (Å²) >= 11 is 0. The number of amides is 2. The van der Waals surface area contributed by atoms with Crippen LogP contribution in [0.4, 0.5) is 11.4 Å². The van der Waals surface area contributed by atoms with E-state index in [-0.39, 0.29) is 23.8 Å². The summed E-state index contributed by atoms with van der Waals surface area (Å²) in [7, 11) is -3.32. The number of hydrogen-bond acceptors (Lipinski definition) is 4. The van der Waals surface area contributed by atoms with Gasteiger partial charge in [-0.1, -0.05) is 18.6 Å². The minimum atomic E-state index is -3.32. The van der Waals surface area contributed by atoms with Gasteiger partial charge in [0.1, 0.15) is 0 Å². The Morgan fingerprint density at radius 1 is 0.903 bits per heavy atom. The standard InChI is InChI=1S/C23H29N3O4S/c1-15(2)31(29,30)26-22-6-4-5-21(22)17-7-11-20(12-8-17)25-23(28)18-9-13-19(14-10-18)24-16(3)27/h7-15,21-22,26H,4-6H2,1-3H3,(H,24,27)(H,25,28)/t21-,22-/m1/s1. The van der Waals surface area contributed by atoms with E-state index in [1.807, 2.05) is 24.3 Å². The third kappa shape index (κ3) is 5.92. The summed E-state index contributed by atoms with van der Waals surface area (Å²) in [6.07, 6.45) is 2.73. The molecule has 0 spiro atoms. The van der Waals surface area contributed by atoms with E-state index in [1.165, 1.54) is 6.92 Å². The van der Waals surface area contributed by atoms with Gasteiger partial charge in [0.25, 0.3) is 5.91 Å². The number of anilines is 2. The number of carbonyl (C=O) groups is 2. The van der Waals surface area contributed by atoms with E-state index in [4.69, 9.17) is 0 Å². The van der Waals surface area contributed by atoms with E-state index in [2.05, 4.69) is 15.4 Å². The molecule has 1 aliphatic carbocycles. The fourth-order valence-electron chi connectivity index (χ4n) is 3.77. The van der Waals surface area contributed by atoms with Gasteiger partial charge in [0.2, 0.25) is 15.9 Å². The zero-order chi connectivity index (χ0) is 22.6. The summed E-state index contributed by atoms with van der Waals surface area (Å²) < 4.78 is 27.4. The topological polar surface area (TPSA) is 104 Å². The molecule has 0 aliphatic heterocycles. The van der Waals surface area contributed by atoms with E-state index in [9.17, 15) is 18.0 Å². The average molecular weight is 444 g/mol. The fraction of sp³-hybridized carbons (Fsp3) is 0.391. The molecule has 3 N–H and O–H groups in total. The highest BCUT2D eigenvalue weighted by atomic mass is 32.2. The molecule has 1 aliphatic rings. The molecular formula is C23H29N3O4S. The zero-order valence-electron chi connectivity index (χ0n) is 18.0. The lowest BCUT2D eigenvalue weighted by atomic mass is 9.94. The second-order valence-corrected chi connectivity index (χ2v) is 10.5. The van der Waals surface area contributed by atoms with Gasteiger partial charge < -0.3 is 10.6 Å². The Labute approximate surface area is 183 Å². The molecule has 7 nitrogen and oxygen atoms in total. The highest BCUT2D eigenvalue weighted by Crippen LogP contribution is 2.35. The van der Waals surface area contributed by atoms with E-state index >= 15 is 0 Å². The molecule has 0 aromatic heterocycles. The van der Waals surface area contributed by atoms with Crippen LogP contribution >= 0.6 is 0 Å². The van der Waals surface area contributed by atoms with Crippen molar-refractivity contribution in [3.8, 4) is 0 Å². The van der Waals surface area contributed by atoms with Crippen molar-refractivity contribution in [1.82, 2.24) is 4.72 Å². The SMILES string of the molecule is CC(=O)Nc1ccc(C(=O)Nc2ccc([C@H]3CCC[C@H]3NS(=O)(=O)C(C)C)cc2)cc1. The molecule has 2 atom stereocenters. The molecule has 2 amide bonds. The zero-order valence-corrected chi connectivity index (χ0v) is 18.8. The van der Waals surface area contributed by atoms with Crippen LogP contribution in [-0.4, -0.2) is 31.5 Å². The average Bonchev–Trinajstić information content (AvgIpc) is 3.16. The molecule has 0 radical (unpaired) electrons. The number of hydrogen-bond donors (Lipinski definition) is 3. The molecule has 0 heterocycles. The lowest BCUT2D eigenvalue weighted by molar-refractivity contribution is -0.114. The normalized spacial score (nSPS) is 18.7. The van der Waals surface area contributed by atoms with Crippen molar-refractivity contribution in [2.45, 2.75) is 57.2 Å². The second-order valence-electron chi connectivity index (χ2n) is 8.19. The number of nitrogens with one attached hydrogen (secondary N) is 3. The van der Waals surface area contributed by atoms with Gasteiger partial charge in [0.15, 0.2) is 0 Å². The van der Waals surface area contributed by atoms with Crippen LogP contribution in [0, 0.1) is 0 Å². The highest BCUT2D eigenvalue weighted by molar-refractivity contribution is 7.90. The predicted molar refractivity (Wildman–Crippen MR) is 123 cm³/mol. The first-order valence-electron chi connectivity index (χ1n) is 10.5. The van der Waals surface area contributed by atoms with Crippen molar-refractivity contribution in [2.24, 2.45) is 0 Å². The Morgan fingerprint density at radius 2 is 1.48 bits per heavy atom. The summed E-state index contributed by atoms with van der Waals surface area (Å²) in [5.41, 5.74) is 2.84. The molecule has 1 fully saturated rings. The number of carbonyl (C=O) groups excluding carboxylic acids is 2. The third-order valence-electron chi connectivity index (χ3n) is 5.52. The summed E-state index contributed by atoms with van der Waals surface area (Å²) in [5.74, 6) is -0.288. The van der Waals surface area contributed by atoms with Crippen LogP contribution in [-0.2, 0) is 14.8 Å². The molecule has 3 rings (SSSR count). The maximum Gasteiger partial charge on any atom is 0.255 e. The molecular weight excluding hydrogens is 414 g/mol. The predicted octanol–water partition coefficient (Wildman–Crippen LogP) is 3.86. The Morgan fingerprint density at radius 3 is 2.06 bits per heavy atom. The largest absolute Gasteiger partial charge is 0.326 e. The van der Waals surface area contributed by atoms with Crippen LogP contribution in [0.15, 0.2) is 48.5 Å². The first-order valence-corrected chi connectivity index (χ1v) is 12.0. The molecule has 31 heavy (non-hydrogen) atoms. The highest BCUT2D eigenvalue weighted by Gasteiger charge is 2.32. The van der Waals surface area contributed by atoms with Crippen molar-refractivity contribution in [3.63, 3.8) is 0 Å². The van der Waals surface area contributed by atoms with Crippen molar-refractivity contribution in [1.29, 1.82) is 0 Å². The lowest BCUT2D eigenvalue weighted by Gasteiger charge is -2.23. The minimum Gasteiger partial charge on any atom is -0.326 e. The molecule has 2 aromatic rings. The fourth-order valence-corrected chi connectivity index (χ4v) is 4.75. The maximum atomic E-state index is 12.5. The molecule has 8 heteroatoms. The van der Waals surface area contributed by atoms with Gasteiger partial charge in [0, 0.05) is 35.8 Å². The number of rotatable bonds is 7. The molecule has 0 bridgehead atoms. The molecule has 0 unspecified atom stereocenters. The van der Waals surface area contributed by atoms with Gasteiger partial charge in [-0.15, -0.1) is 0 Å². The van der Waals surface area contributed by atoms with E-state index < -0.39 is 15.3 Å². The van der Waals surface area contributed by atoms with Gasteiger partial charge >= 0.3 is 0 Å². The van der Waals surface area contributed by atoms with E-state index in [1.54, 1.807) is 38.1 Å². The van der Waals surface area contributed by atoms with Crippen LogP contribution in [0.1, 0.15) is 61.9 Å². The van der Waals surface area contributed by atoms with Gasteiger partial charge in [0.05, 0.1) is 5.25 Å². The maximum absolute atomic E-state index is 12.5. The van der Waals surface area contributed by atoms with E-state index in [0.29, 0.717) is 16.9 Å². The number of sulfonamides is 1. The van der Waals surface area contributed by atoms with Crippen LogP contribution in [0.3, 0.4) is 0 Å². The minimum absolute atomic E-state index is 0.102. The van der Waals surface area contributed by atoms with Gasteiger partial charge in [-0.2, -0.15) is 0 Å². The van der Waals surface area contributed by atoms with Gasteiger partial charge in [-0.05, 0) is 68.7 Å². The van der Waals surface area contributed by atoms with Crippen molar-refractivity contribution in [3.05, 3.63) is 59.7 Å². The van der Waals surface area contributed by atoms with Crippen LogP contribution in [0.2, 0.25) is 0 Å². The summed E-state index contributed by atoms with van der Waals surface area (Å²) in [5, 5.41) is 5.07. The Hall–Kier alpha value is -2.71. The van der Waals surface area contributed by atoms with Gasteiger partial charge in [-0.3, -0.25) is 9.59 Å². The smallest absolute Gasteiger partial charge is 0.255 e.